The van der Waals surface area contributed by atoms with Crippen molar-refractivity contribution in [3.05, 3.63) is 15.4 Å². The van der Waals surface area contributed by atoms with E-state index in [2.05, 4.69) is 26.1 Å². The minimum atomic E-state index is -3.33. The van der Waals surface area contributed by atoms with E-state index in [-0.39, 0.29) is 12.4 Å². The lowest BCUT2D eigenvalue weighted by Gasteiger charge is -2.32. The number of aryl methyl sites for hydroxylation is 1. The zero-order valence-corrected chi connectivity index (χ0v) is 16.5. The summed E-state index contributed by atoms with van der Waals surface area (Å²) in [7, 11) is -3.33. The van der Waals surface area contributed by atoms with Gasteiger partial charge < -0.3 is 5.32 Å². The second-order valence-corrected chi connectivity index (χ2v) is 10.1. The molecule has 2 saturated heterocycles. The minimum Gasteiger partial charge on any atom is -0.314 e. The molecule has 1 aromatic heterocycles. The Labute approximate surface area is 150 Å². The van der Waals surface area contributed by atoms with Gasteiger partial charge in [-0.15, -0.1) is 23.7 Å². The first-order valence-corrected chi connectivity index (χ1v) is 10.2. The van der Waals surface area contributed by atoms with Gasteiger partial charge in [-0.05, 0) is 40.9 Å². The fourth-order valence-electron chi connectivity index (χ4n) is 2.96. The van der Waals surface area contributed by atoms with Gasteiger partial charge in [-0.2, -0.15) is 4.31 Å². The maximum atomic E-state index is 12.7. The third kappa shape index (κ3) is 3.68. The van der Waals surface area contributed by atoms with E-state index in [1.165, 1.54) is 11.3 Å². The molecular formula is C13H21BrClN3O2S2. The predicted molar refractivity (Wildman–Crippen MR) is 95.6 cm³/mol. The summed E-state index contributed by atoms with van der Waals surface area (Å²) in [5.41, 5.74) is 0.983. The van der Waals surface area contributed by atoms with Gasteiger partial charge in [0.15, 0.2) is 0 Å². The summed E-state index contributed by atoms with van der Waals surface area (Å²) in [5.74, 6) is 0. The molecule has 0 spiro atoms. The molecule has 1 N–H and O–H groups in total. The third-order valence-corrected chi connectivity index (χ3v) is 8.67. The number of sulfonamides is 1. The van der Waals surface area contributed by atoms with Crippen LogP contribution in [0.15, 0.2) is 14.1 Å². The standard InChI is InChI=1S/C13H20BrN3O2S2.ClH/c1-10-8-12(20-13(10)14)21(18,19)17-5-2-11(9-17)16-6-3-15-4-7-16;/h8,11,15H,2-7,9H2,1H3;1H. The topological polar surface area (TPSA) is 52.7 Å². The molecular weight excluding hydrogens is 410 g/mol. The first-order chi connectivity index (χ1) is 9.98. The molecule has 22 heavy (non-hydrogen) atoms. The van der Waals surface area contributed by atoms with Crippen LogP contribution in [0.2, 0.25) is 0 Å². The Morgan fingerprint density at radius 3 is 2.59 bits per heavy atom. The van der Waals surface area contributed by atoms with Crippen LogP contribution in [0.5, 0.6) is 0 Å². The van der Waals surface area contributed by atoms with E-state index < -0.39 is 10.0 Å². The zero-order chi connectivity index (χ0) is 15.0. The molecule has 0 radical (unpaired) electrons. The summed E-state index contributed by atoms with van der Waals surface area (Å²) >= 11 is 4.72. The molecule has 0 aliphatic carbocycles. The van der Waals surface area contributed by atoms with Gasteiger partial charge in [0.1, 0.15) is 4.21 Å². The van der Waals surface area contributed by atoms with Crippen molar-refractivity contribution in [2.45, 2.75) is 23.6 Å². The Hall–Kier alpha value is 0.300. The van der Waals surface area contributed by atoms with Crippen LogP contribution in [0, 0.1) is 6.92 Å². The van der Waals surface area contributed by atoms with Crippen molar-refractivity contribution in [2.24, 2.45) is 0 Å². The lowest BCUT2D eigenvalue weighted by Crippen LogP contribution is -2.49. The highest BCUT2D eigenvalue weighted by Gasteiger charge is 2.36. The van der Waals surface area contributed by atoms with E-state index in [1.54, 1.807) is 10.4 Å². The summed E-state index contributed by atoms with van der Waals surface area (Å²) in [4.78, 5) is 2.42. The van der Waals surface area contributed by atoms with E-state index in [0.29, 0.717) is 23.3 Å². The molecule has 2 aliphatic rings. The lowest BCUT2D eigenvalue weighted by atomic mass is 10.2. The fraction of sp³-hybridized carbons (Fsp3) is 0.692. The summed E-state index contributed by atoms with van der Waals surface area (Å²) < 4.78 is 28.4. The van der Waals surface area contributed by atoms with Crippen molar-refractivity contribution in [1.29, 1.82) is 0 Å². The Morgan fingerprint density at radius 2 is 2.00 bits per heavy atom. The van der Waals surface area contributed by atoms with Crippen LogP contribution in [0.3, 0.4) is 0 Å². The molecule has 3 rings (SSSR count). The van der Waals surface area contributed by atoms with Crippen LogP contribution in [0.25, 0.3) is 0 Å². The molecule has 0 amide bonds. The number of rotatable bonds is 3. The molecule has 1 aromatic rings. The quantitative estimate of drug-likeness (QED) is 0.796. The number of hydrogen-bond donors (Lipinski definition) is 1. The number of halogens is 2. The number of thiophene rings is 1. The summed E-state index contributed by atoms with van der Waals surface area (Å²) in [6, 6.07) is 2.13. The highest BCUT2D eigenvalue weighted by atomic mass is 79.9. The normalized spacial score (nSPS) is 24.4. The van der Waals surface area contributed by atoms with E-state index in [1.807, 2.05) is 6.92 Å². The molecule has 0 saturated carbocycles. The van der Waals surface area contributed by atoms with Crippen LogP contribution in [0.4, 0.5) is 0 Å². The largest absolute Gasteiger partial charge is 0.314 e. The van der Waals surface area contributed by atoms with Gasteiger partial charge in [-0.25, -0.2) is 8.42 Å². The number of nitrogens with one attached hydrogen (secondary N) is 1. The van der Waals surface area contributed by atoms with Crippen molar-refractivity contribution < 1.29 is 8.42 Å². The van der Waals surface area contributed by atoms with Gasteiger partial charge in [0.25, 0.3) is 10.0 Å². The molecule has 0 aromatic carbocycles. The molecule has 2 fully saturated rings. The summed E-state index contributed by atoms with van der Waals surface area (Å²) in [6.45, 7) is 7.21. The molecule has 126 valence electrons. The highest BCUT2D eigenvalue weighted by molar-refractivity contribution is 9.11. The minimum absolute atomic E-state index is 0. The number of nitrogens with zero attached hydrogens (tertiary/aromatic N) is 2. The molecule has 0 bridgehead atoms. The van der Waals surface area contributed by atoms with Crippen LogP contribution in [0.1, 0.15) is 12.0 Å². The second kappa shape index (κ2) is 7.46. The SMILES string of the molecule is Cc1cc(S(=O)(=O)N2CCC(N3CCNCC3)C2)sc1Br.Cl. The van der Waals surface area contributed by atoms with Crippen LogP contribution >= 0.6 is 39.7 Å². The predicted octanol–water partition coefficient (Wildman–Crippen LogP) is 1.91. The average molecular weight is 431 g/mol. The first kappa shape index (κ1) is 18.6. The Morgan fingerprint density at radius 1 is 1.32 bits per heavy atom. The fourth-order valence-corrected chi connectivity index (χ4v) is 6.83. The van der Waals surface area contributed by atoms with E-state index in [4.69, 9.17) is 0 Å². The van der Waals surface area contributed by atoms with E-state index in [9.17, 15) is 8.42 Å². The van der Waals surface area contributed by atoms with E-state index >= 15 is 0 Å². The van der Waals surface area contributed by atoms with Crippen molar-refractivity contribution >= 4 is 49.7 Å². The number of piperazine rings is 1. The van der Waals surface area contributed by atoms with Crippen molar-refractivity contribution in [2.75, 3.05) is 39.3 Å². The molecule has 2 aliphatic heterocycles. The highest BCUT2D eigenvalue weighted by Crippen LogP contribution is 2.33. The van der Waals surface area contributed by atoms with Crippen molar-refractivity contribution in [3.63, 3.8) is 0 Å². The van der Waals surface area contributed by atoms with Gasteiger partial charge in [-0.3, -0.25) is 4.90 Å². The third-order valence-electron chi connectivity index (χ3n) is 4.22. The molecule has 1 unspecified atom stereocenters. The maximum absolute atomic E-state index is 12.7. The van der Waals surface area contributed by atoms with Crippen LogP contribution in [-0.2, 0) is 10.0 Å². The summed E-state index contributed by atoms with van der Waals surface area (Å²) in [6.07, 6.45) is 0.935. The monoisotopic (exact) mass is 429 g/mol. The number of hydrogen-bond acceptors (Lipinski definition) is 5. The van der Waals surface area contributed by atoms with Gasteiger partial charge >= 0.3 is 0 Å². The van der Waals surface area contributed by atoms with Crippen LogP contribution < -0.4 is 5.32 Å². The smallest absolute Gasteiger partial charge is 0.252 e. The van der Waals surface area contributed by atoms with E-state index in [0.717, 1.165) is 41.9 Å². The molecule has 5 nitrogen and oxygen atoms in total. The Bertz CT molecular complexity index is 597. The van der Waals surface area contributed by atoms with Crippen LogP contribution in [-0.4, -0.2) is 62.9 Å². The molecule has 1 atom stereocenters. The van der Waals surface area contributed by atoms with Crippen molar-refractivity contribution in [1.82, 2.24) is 14.5 Å². The summed E-state index contributed by atoms with van der Waals surface area (Å²) in [5, 5.41) is 3.34. The van der Waals surface area contributed by atoms with Gasteiger partial charge in [0, 0.05) is 45.3 Å². The molecule has 3 heterocycles. The Balaban J connectivity index is 0.00000176. The van der Waals surface area contributed by atoms with Gasteiger partial charge in [0.2, 0.25) is 0 Å². The maximum Gasteiger partial charge on any atom is 0.252 e. The van der Waals surface area contributed by atoms with Gasteiger partial charge in [-0.1, -0.05) is 0 Å². The zero-order valence-electron chi connectivity index (χ0n) is 12.4. The Kier molecular flexibility index (Phi) is 6.32. The lowest BCUT2D eigenvalue weighted by molar-refractivity contribution is 0.179. The van der Waals surface area contributed by atoms with Gasteiger partial charge in [0.05, 0.1) is 3.79 Å². The first-order valence-electron chi connectivity index (χ1n) is 7.19. The second-order valence-electron chi connectivity index (χ2n) is 5.61. The average Bonchev–Trinajstić information content (AvgIpc) is 3.09. The van der Waals surface area contributed by atoms with Crippen molar-refractivity contribution in [3.8, 4) is 0 Å². The molecule has 9 heteroatoms.